The van der Waals surface area contributed by atoms with Gasteiger partial charge in [-0.15, -0.1) is 11.3 Å². The quantitative estimate of drug-likeness (QED) is 0.0694. The van der Waals surface area contributed by atoms with Gasteiger partial charge in [0.05, 0.1) is 69.9 Å². The van der Waals surface area contributed by atoms with Gasteiger partial charge in [0.25, 0.3) is 5.91 Å². The molecule has 0 saturated carbocycles. The third kappa shape index (κ3) is 13.4. The van der Waals surface area contributed by atoms with Gasteiger partial charge < -0.3 is 35.6 Å². The molecule has 0 bridgehead atoms. The van der Waals surface area contributed by atoms with Crippen molar-refractivity contribution < 1.29 is 29.0 Å². The number of rotatable bonds is 19. The van der Waals surface area contributed by atoms with Crippen LogP contribution in [0, 0.1) is 23.7 Å². The van der Waals surface area contributed by atoms with E-state index in [1.54, 1.807) is 40.3 Å². The summed E-state index contributed by atoms with van der Waals surface area (Å²) in [7, 11) is 0. The van der Waals surface area contributed by atoms with Crippen LogP contribution in [0.2, 0.25) is 5.02 Å². The summed E-state index contributed by atoms with van der Waals surface area (Å²) in [6, 6.07) is 16.3. The van der Waals surface area contributed by atoms with E-state index < -0.39 is 29.5 Å². The van der Waals surface area contributed by atoms with Crippen LogP contribution in [0.5, 0.6) is 0 Å². The van der Waals surface area contributed by atoms with Gasteiger partial charge >= 0.3 is 0 Å². The highest BCUT2D eigenvalue weighted by molar-refractivity contribution is 7.13. The van der Waals surface area contributed by atoms with Crippen LogP contribution in [-0.2, 0) is 32.3 Å². The van der Waals surface area contributed by atoms with Crippen molar-refractivity contribution in [1.29, 1.82) is 5.26 Å². The second kappa shape index (κ2) is 23.3. The summed E-state index contributed by atoms with van der Waals surface area (Å²) in [5.41, 5.74) is 6.93. The van der Waals surface area contributed by atoms with Gasteiger partial charge in [0, 0.05) is 70.1 Å². The standard InChI is InChI=1S/C50H63ClN12O6S/c1-31(26-62-16-14-41(59-62)36-12-13-37(25-52)40(51)22-36)54-47(66)42-23-38(57-58-42)29-69-21-7-15-60-17-19-61(20-18-60)28-44(65)56-46(50(4,5)6)49(68)63-27-39(64)24-43(63)48(67)55-32(2)34-8-10-35(11-9-34)45-33(3)53-30-70-45/h8-14,16,22-23,30-32,39,43,46,64H,7,15,17-21,24,26-29H2,1-6H3,(H,54,66)(H,55,67)(H,56,65)(H,57,58)/t31-,32-,39+,43-,46+/m0/s1. The molecule has 3 aromatic heterocycles. The zero-order valence-corrected chi connectivity index (χ0v) is 42.1. The van der Waals surface area contributed by atoms with Crippen LogP contribution in [-0.4, -0.2) is 145 Å². The van der Waals surface area contributed by atoms with Gasteiger partial charge in [-0.3, -0.25) is 33.9 Å². The van der Waals surface area contributed by atoms with Crippen LogP contribution in [0.4, 0.5) is 0 Å². The van der Waals surface area contributed by atoms with E-state index in [-0.39, 0.29) is 61.6 Å². The molecule has 0 spiro atoms. The van der Waals surface area contributed by atoms with Gasteiger partial charge in [-0.2, -0.15) is 15.5 Å². The SMILES string of the molecule is Cc1ncsc1-c1ccc([C@H](C)NC(=O)[C@@H]2C[C@@H](O)CN2C(=O)[C@@H](NC(=O)CN2CCN(CCCOCc3cc(C(=O)N[C@@H](C)Cn4ccc(-c5ccc(C#N)c(Cl)c5)n4)n[nH]3)CC2)C(C)(C)C)cc1. The highest BCUT2D eigenvalue weighted by atomic mass is 35.5. The first-order valence-electron chi connectivity index (χ1n) is 23.7. The van der Waals surface area contributed by atoms with Crippen LogP contribution in [0.3, 0.4) is 0 Å². The molecule has 20 heteroatoms. The number of ether oxygens (including phenoxy) is 1. The molecule has 5 N–H and O–H groups in total. The van der Waals surface area contributed by atoms with E-state index >= 15 is 0 Å². The number of thiazole rings is 1. The summed E-state index contributed by atoms with van der Waals surface area (Å²) in [5.74, 6) is -1.33. The van der Waals surface area contributed by atoms with E-state index in [1.165, 1.54) is 4.90 Å². The average molecular weight is 996 g/mol. The van der Waals surface area contributed by atoms with Gasteiger partial charge in [0.2, 0.25) is 17.7 Å². The molecule has 2 aliphatic heterocycles. The van der Waals surface area contributed by atoms with Crippen LogP contribution in [0.25, 0.3) is 21.7 Å². The number of benzene rings is 2. The zero-order chi connectivity index (χ0) is 50.1. The summed E-state index contributed by atoms with van der Waals surface area (Å²) in [6.07, 6.45) is 1.87. The number of hydrogen-bond acceptors (Lipinski definition) is 13. The van der Waals surface area contributed by atoms with Crippen LogP contribution in [0.15, 0.2) is 66.3 Å². The molecule has 4 amide bonds. The van der Waals surface area contributed by atoms with Gasteiger partial charge in [0.1, 0.15) is 23.8 Å². The number of carbonyl (C=O) groups is 4. The number of carbonyl (C=O) groups excluding carboxylic acids is 4. The number of likely N-dealkylation sites (tertiary alicyclic amines) is 1. The van der Waals surface area contributed by atoms with Crippen molar-refractivity contribution in [3.63, 3.8) is 0 Å². The third-order valence-corrected chi connectivity index (χ3v) is 13.9. The summed E-state index contributed by atoms with van der Waals surface area (Å²) in [4.78, 5) is 65.6. The van der Waals surface area contributed by atoms with Crippen molar-refractivity contribution in [3.05, 3.63) is 99.5 Å². The molecule has 2 fully saturated rings. The number of hydrogen-bond donors (Lipinski definition) is 5. The molecule has 5 atom stereocenters. The maximum absolute atomic E-state index is 14.2. The number of nitrogens with zero attached hydrogens (tertiary/aromatic N) is 8. The number of piperazine rings is 1. The molecule has 7 rings (SSSR count). The molecule has 70 heavy (non-hydrogen) atoms. The molecule has 0 radical (unpaired) electrons. The number of aromatic amines is 1. The first-order valence-corrected chi connectivity index (χ1v) is 24.9. The van der Waals surface area contributed by atoms with Gasteiger partial charge in [-0.05, 0) is 68.0 Å². The molecule has 372 valence electrons. The van der Waals surface area contributed by atoms with Crippen molar-refractivity contribution in [2.24, 2.45) is 5.41 Å². The maximum atomic E-state index is 14.2. The maximum Gasteiger partial charge on any atom is 0.272 e. The molecule has 2 aromatic carbocycles. The highest BCUT2D eigenvalue weighted by Crippen LogP contribution is 2.30. The Balaban J connectivity index is 0.791. The van der Waals surface area contributed by atoms with Crippen molar-refractivity contribution in [1.82, 2.24) is 55.6 Å². The number of amides is 4. The molecule has 2 aliphatic rings. The molecular weight excluding hydrogens is 932 g/mol. The minimum absolute atomic E-state index is 0.00383. The summed E-state index contributed by atoms with van der Waals surface area (Å²) in [5, 5.41) is 40.8. The van der Waals surface area contributed by atoms with Gasteiger partial charge in [-0.1, -0.05) is 62.7 Å². The number of aromatic nitrogens is 5. The smallest absolute Gasteiger partial charge is 0.272 e. The Morgan fingerprint density at radius 2 is 1.73 bits per heavy atom. The molecule has 2 saturated heterocycles. The Kier molecular flexibility index (Phi) is 17.2. The van der Waals surface area contributed by atoms with E-state index in [9.17, 15) is 24.3 Å². The number of aliphatic hydroxyl groups excluding tert-OH is 1. The van der Waals surface area contributed by atoms with Crippen LogP contribution >= 0.6 is 22.9 Å². The molecular formula is C50H63ClN12O6S. The summed E-state index contributed by atoms with van der Waals surface area (Å²) < 4.78 is 7.64. The Morgan fingerprint density at radius 3 is 2.41 bits per heavy atom. The predicted octanol–water partition coefficient (Wildman–Crippen LogP) is 4.94. The predicted molar refractivity (Wildman–Crippen MR) is 266 cm³/mol. The fraction of sp³-hybridized carbons (Fsp3) is 0.480. The van der Waals surface area contributed by atoms with E-state index in [2.05, 4.69) is 52.1 Å². The van der Waals surface area contributed by atoms with Crippen molar-refractivity contribution in [3.8, 4) is 27.8 Å². The fourth-order valence-corrected chi connectivity index (χ4v) is 9.76. The van der Waals surface area contributed by atoms with E-state index in [4.69, 9.17) is 21.6 Å². The van der Waals surface area contributed by atoms with Crippen LogP contribution < -0.4 is 16.0 Å². The number of aryl methyl sites for hydroxylation is 1. The van der Waals surface area contributed by atoms with E-state index in [1.807, 2.05) is 83.6 Å². The highest BCUT2D eigenvalue weighted by Gasteiger charge is 2.45. The zero-order valence-electron chi connectivity index (χ0n) is 40.6. The molecule has 0 aliphatic carbocycles. The first-order chi connectivity index (χ1) is 33.4. The average Bonchev–Trinajstić information content (AvgIpc) is 4.16. The Hall–Kier alpha value is -6.01. The van der Waals surface area contributed by atoms with Crippen molar-refractivity contribution in [2.75, 3.05) is 52.4 Å². The number of H-pyrrole nitrogens is 1. The number of β-amino-alcohol motifs (C(OH)–C–C–N with tert-alkyl or cyclic N) is 1. The number of nitriles is 1. The topological polar surface area (TPSA) is 227 Å². The van der Waals surface area contributed by atoms with Crippen molar-refractivity contribution in [2.45, 2.75) is 97.8 Å². The third-order valence-electron chi connectivity index (χ3n) is 12.6. The minimum atomic E-state index is -0.909. The lowest BCUT2D eigenvalue weighted by atomic mass is 9.85. The monoisotopic (exact) mass is 994 g/mol. The lowest BCUT2D eigenvalue weighted by Gasteiger charge is -2.37. The lowest BCUT2D eigenvalue weighted by molar-refractivity contribution is -0.144. The Bertz CT molecular complexity index is 2650. The van der Waals surface area contributed by atoms with Crippen LogP contribution in [0.1, 0.15) is 86.5 Å². The minimum Gasteiger partial charge on any atom is -0.391 e. The lowest BCUT2D eigenvalue weighted by Crippen LogP contribution is -2.59. The Morgan fingerprint density at radius 1 is 1.00 bits per heavy atom. The largest absolute Gasteiger partial charge is 0.391 e. The van der Waals surface area contributed by atoms with E-state index in [0.29, 0.717) is 48.2 Å². The number of nitrogens with one attached hydrogen (secondary N) is 4. The van der Waals surface area contributed by atoms with E-state index in [0.717, 1.165) is 53.3 Å². The van der Waals surface area contributed by atoms with Crippen molar-refractivity contribution >= 4 is 46.6 Å². The first kappa shape index (κ1) is 51.8. The number of halogens is 1. The summed E-state index contributed by atoms with van der Waals surface area (Å²) >= 11 is 7.77. The second-order valence-electron chi connectivity index (χ2n) is 19.3. The number of aliphatic hydroxyl groups is 1. The van der Waals surface area contributed by atoms with Gasteiger partial charge in [0.15, 0.2) is 0 Å². The van der Waals surface area contributed by atoms with Gasteiger partial charge in [-0.25, -0.2) is 4.98 Å². The molecule has 5 aromatic rings. The second-order valence-corrected chi connectivity index (χ2v) is 20.5. The normalized spacial score (nSPS) is 18.0. The fourth-order valence-electron chi connectivity index (χ4n) is 8.73. The summed E-state index contributed by atoms with van der Waals surface area (Å²) in [6.45, 7) is 16.5. The molecule has 0 unspecified atom stereocenters. The molecule has 18 nitrogen and oxygen atoms in total. The Labute approximate surface area is 417 Å². The molecule has 5 heterocycles.